The molecule has 34 heavy (non-hydrogen) atoms. The monoisotopic (exact) mass is 459 g/mol. The van der Waals surface area contributed by atoms with Crippen molar-refractivity contribution in [1.29, 1.82) is 0 Å². The third-order valence-corrected chi connectivity index (χ3v) is 6.71. The van der Waals surface area contributed by atoms with Crippen molar-refractivity contribution in [2.75, 3.05) is 26.2 Å². The lowest BCUT2D eigenvalue weighted by molar-refractivity contribution is -0.132. The normalized spacial score (nSPS) is 17.1. The van der Waals surface area contributed by atoms with E-state index in [1.165, 1.54) is 6.42 Å². The Morgan fingerprint density at radius 2 is 1.50 bits per heavy atom. The number of benzene rings is 2. The van der Waals surface area contributed by atoms with Crippen LogP contribution in [0.3, 0.4) is 0 Å². The molecule has 3 amide bonds. The maximum atomic E-state index is 12.7. The van der Waals surface area contributed by atoms with Gasteiger partial charge in [-0.3, -0.25) is 14.4 Å². The Hall–Kier alpha value is -3.41. The average Bonchev–Trinajstić information content (AvgIpc) is 2.91. The topological polar surface area (TPSA) is 69.7 Å². The van der Waals surface area contributed by atoms with Gasteiger partial charge >= 0.3 is 0 Å². The van der Waals surface area contributed by atoms with E-state index < -0.39 is 0 Å². The fraction of sp³-hybridized carbons (Fsp3) is 0.393. The first-order chi connectivity index (χ1) is 16.6. The number of hydrogen-bond donors (Lipinski definition) is 1. The fourth-order valence-electron chi connectivity index (χ4n) is 4.58. The summed E-state index contributed by atoms with van der Waals surface area (Å²) in [6.07, 6.45) is 8.12. The maximum absolute atomic E-state index is 12.7. The van der Waals surface area contributed by atoms with Crippen LogP contribution in [0.5, 0.6) is 0 Å². The number of nitrogens with one attached hydrogen (secondary N) is 1. The zero-order valence-corrected chi connectivity index (χ0v) is 19.6. The Morgan fingerprint density at radius 1 is 0.824 bits per heavy atom. The van der Waals surface area contributed by atoms with Gasteiger partial charge in [0.05, 0.1) is 0 Å². The molecule has 0 aromatic heterocycles. The largest absolute Gasteiger partial charge is 0.352 e. The summed E-state index contributed by atoms with van der Waals surface area (Å²) in [4.78, 5) is 41.4. The minimum absolute atomic E-state index is 0.0121. The molecule has 2 aliphatic rings. The zero-order chi connectivity index (χ0) is 23.8. The second-order valence-electron chi connectivity index (χ2n) is 9.11. The van der Waals surface area contributed by atoms with Crippen molar-refractivity contribution in [2.24, 2.45) is 5.92 Å². The quantitative estimate of drug-likeness (QED) is 0.667. The molecule has 0 aliphatic carbocycles. The van der Waals surface area contributed by atoms with E-state index in [-0.39, 0.29) is 23.6 Å². The summed E-state index contributed by atoms with van der Waals surface area (Å²) in [5.74, 6) is 0.0274. The first-order valence-corrected chi connectivity index (χ1v) is 12.3. The van der Waals surface area contributed by atoms with Crippen LogP contribution in [0.15, 0.2) is 60.7 Å². The summed E-state index contributed by atoms with van der Waals surface area (Å²) in [6, 6.07) is 17.3. The summed E-state index contributed by atoms with van der Waals surface area (Å²) in [5.41, 5.74) is 2.67. The molecule has 2 fully saturated rings. The number of amides is 3. The number of rotatable bonds is 6. The van der Waals surface area contributed by atoms with Gasteiger partial charge in [0.2, 0.25) is 11.8 Å². The van der Waals surface area contributed by atoms with E-state index in [0.29, 0.717) is 38.0 Å². The highest BCUT2D eigenvalue weighted by atomic mass is 16.2. The molecular formula is C28H33N3O3. The second kappa shape index (κ2) is 11.6. The van der Waals surface area contributed by atoms with Crippen molar-refractivity contribution in [3.63, 3.8) is 0 Å². The highest BCUT2D eigenvalue weighted by Gasteiger charge is 2.26. The first-order valence-electron chi connectivity index (χ1n) is 12.3. The predicted octanol–water partition coefficient (Wildman–Crippen LogP) is 3.88. The summed E-state index contributed by atoms with van der Waals surface area (Å²) in [7, 11) is 0. The van der Waals surface area contributed by atoms with Crippen LogP contribution < -0.4 is 5.32 Å². The van der Waals surface area contributed by atoms with Gasteiger partial charge in [-0.15, -0.1) is 0 Å². The Bertz CT molecular complexity index is 1000. The highest BCUT2D eigenvalue weighted by Crippen LogP contribution is 2.19. The van der Waals surface area contributed by atoms with E-state index >= 15 is 0 Å². The van der Waals surface area contributed by atoms with Crippen molar-refractivity contribution < 1.29 is 14.4 Å². The number of likely N-dealkylation sites (tertiary alicyclic amines) is 2. The molecular weight excluding hydrogens is 426 g/mol. The second-order valence-corrected chi connectivity index (χ2v) is 9.11. The van der Waals surface area contributed by atoms with Crippen LogP contribution in [0.4, 0.5) is 0 Å². The average molecular weight is 460 g/mol. The summed E-state index contributed by atoms with van der Waals surface area (Å²) in [6.45, 7) is 3.29. The molecule has 6 nitrogen and oxygen atoms in total. The third-order valence-electron chi connectivity index (χ3n) is 6.71. The Morgan fingerprint density at radius 3 is 2.18 bits per heavy atom. The number of piperidine rings is 2. The fourth-order valence-corrected chi connectivity index (χ4v) is 4.58. The van der Waals surface area contributed by atoms with Crippen molar-refractivity contribution in [2.45, 2.75) is 38.6 Å². The first kappa shape index (κ1) is 23.7. The third kappa shape index (κ3) is 6.34. The van der Waals surface area contributed by atoms with Gasteiger partial charge < -0.3 is 15.1 Å². The highest BCUT2D eigenvalue weighted by molar-refractivity contribution is 5.94. The molecule has 0 atom stereocenters. The summed E-state index contributed by atoms with van der Waals surface area (Å²) in [5, 5.41) is 3.02. The molecule has 2 aromatic rings. The molecule has 2 heterocycles. The molecule has 1 N–H and O–H groups in total. The summed E-state index contributed by atoms with van der Waals surface area (Å²) >= 11 is 0. The number of carbonyl (C=O) groups excluding carboxylic acids is 3. The molecule has 4 rings (SSSR count). The molecule has 0 bridgehead atoms. The van der Waals surface area contributed by atoms with E-state index in [1.807, 2.05) is 65.6 Å². The van der Waals surface area contributed by atoms with E-state index in [1.54, 1.807) is 11.0 Å². The van der Waals surface area contributed by atoms with Crippen molar-refractivity contribution >= 4 is 23.8 Å². The zero-order valence-electron chi connectivity index (χ0n) is 19.6. The molecule has 2 aliphatic heterocycles. The van der Waals surface area contributed by atoms with Crippen molar-refractivity contribution in [1.82, 2.24) is 15.1 Å². The van der Waals surface area contributed by atoms with Crippen LogP contribution in [-0.2, 0) is 16.1 Å². The smallest absolute Gasteiger partial charge is 0.253 e. The van der Waals surface area contributed by atoms with Crippen molar-refractivity contribution in [3.8, 4) is 0 Å². The van der Waals surface area contributed by atoms with Crippen LogP contribution >= 0.6 is 0 Å². The molecule has 0 spiro atoms. The predicted molar refractivity (Wildman–Crippen MR) is 133 cm³/mol. The van der Waals surface area contributed by atoms with E-state index in [4.69, 9.17) is 0 Å². The van der Waals surface area contributed by atoms with Gasteiger partial charge in [-0.2, -0.15) is 0 Å². The standard InChI is InChI=1S/C28H33N3O3/c32-26(14-11-22-7-3-1-4-8-22)30-19-15-24(16-20-30)27(33)29-21-23-9-12-25(13-10-23)28(34)31-17-5-2-6-18-31/h1,3-4,7-14,24H,2,5-6,15-21H2,(H,29,33). The SMILES string of the molecule is O=C(NCc1ccc(C(=O)N2CCCCC2)cc1)C1CCN(C(=O)C=Cc2ccccc2)CC1. The van der Waals surface area contributed by atoms with Crippen LogP contribution in [0.1, 0.15) is 53.6 Å². The lowest BCUT2D eigenvalue weighted by Gasteiger charge is -2.30. The van der Waals surface area contributed by atoms with E-state index in [2.05, 4.69) is 5.32 Å². The molecule has 2 aromatic carbocycles. The molecule has 0 radical (unpaired) electrons. The minimum Gasteiger partial charge on any atom is -0.352 e. The van der Waals surface area contributed by atoms with Gasteiger partial charge in [-0.1, -0.05) is 42.5 Å². The lowest BCUT2D eigenvalue weighted by Crippen LogP contribution is -2.42. The van der Waals surface area contributed by atoms with Crippen molar-refractivity contribution in [3.05, 3.63) is 77.4 Å². The van der Waals surface area contributed by atoms with Gasteiger partial charge in [0.1, 0.15) is 0 Å². The van der Waals surface area contributed by atoms with E-state index in [0.717, 1.165) is 37.1 Å². The number of carbonyl (C=O) groups is 3. The van der Waals surface area contributed by atoms with Gasteiger partial charge in [0.15, 0.2) is 0 Å². The molecule has 0 saturated carbocycles. The molecule has 0 unspecified atom stereocenters. The minimum atomic E-state index is -0.0814. The Kier molecular flexibility index (Phi) is 8.12. The molecule has 2 saturated heterocycles. The van der Waals surface area contributed by atoms with Crippen LogP contribution in [0.25, 0.3) is 6.08 Å². The lowest BCUT2D eigenvalue weighted by atomic mass is 9.95. The Balaban J connectivity index is 1.20. The van der Waals surface area contributed by atoms with Crippen LogP contribution in [0, 0.1) is 5.92 Å². The van der Waals surface area contributed by atoms with Gasteiger partial charge in [-0.25, -0.2) is 0 Å². The Labute approximate surface area is 201 Å². The maximum Gasteiger partial charge on any atom is 0.253 e. The number of nitrogens with zero attached hydrogens (tertiary/aromatic N) is 2. The molecule has 178 valence electrons. The van der Waals surface area contributed by atoms with Gasteiger partial charge in [0.25, 0.3) is 5.91 Å². The van der Waals surface area contributed by atoms with Gasteiger partial charge in [-0.05, 0) is 61.4 Å². The van der Waals surface area contributed by atoms with Gasteiger partial charge in [0, 0.05) is 50.3 Å². The number of hydrogen-bond acceptors (Lipinski definition) is 3. The van der Waals surface area contributed by atoms with Crippen LogP contribution in [-0.4, -0.2) is 53.7 Å². The van der Waals surface area contributed by atoms with Crippen LogP contribution in [0.2, 0.25) is 0 Å². The van der Waals surface area contributed by atoms with E-state index in [9.17, 15) is 14.4 Å². The summed E-state index contributed by atoms with van der Waals surface area (Å²) < 4.78 is 0. The molecule has 6 heteroatoms.